The first-order valence-corrected chi connectivity index (χ1v) is 5.30. The molecule has 0 bridgehead atoms. The van der Waals surface area contributed by atoms with Crippen molar-refractivity contribution in [2.75, 3.05) is 16.8 Å². The summed E-state index contributed by atoms with van der Waals surface area (Å²) in [5, 5.41) is 12.0. The van der Waals surface area contributed by atoms with Crippen molar-refractivity contribution in [3.63, 3.8) is 0 Å². The van der Waals surface area contributed by atoms with Crippen LogP contribution in [0.1, 0.15) is 20.8 Å². The first-order valence-electron chi connectivity index (χ1n) is 4.93. The number of hydrogen-bond donors (Lipinski definition) is 1. The molecular weight excluding hydrogens is 228 g/mol. The van der Waals surface area contributed by atoms with Crippen molar-refractivity contribution in [3.8, 4) is 6.19 Å². The molecule has 1 aromatic heterocycles. The Morgan fingerprint density at radius 1 is 1.44 bits per heavy atom. The second kappa shape index (κ2) is 5.47. The molecule has 0 saturated heterocycles. The Morgan fingerprint density at radius 2 is 2.12 bits per heavy atom. The van der Waals surface area contributed by atoms with Crippen molar-refractivity contribution in [1.82, 2.24) is 15.0 Å². The topological polar surface area (TPSA) is 77.7 Å². The SMILES string of the molecule is CCNc1nc(Cl)nc(N(C#N)C(C)C)n1. The molecule has 6 nitrogen and oxygen atoms in total. The Balaban J connectivity index is 3.08. The molecule has 7 heteroatoms. The molecule has 0 aliphatic rings. The zero-order valence-electron chi connectivity index (χ0n) is 9.40. The van der Waals surface area contributed by atoms with Crippen LogP contribution >= 0.6 is 11.6 Å². The second-order valence-corrected chi connectivity index (χ2v) is 3.66. The van der Waals surface area contributed by atoms with E-state index in [0.29, 0.717) is 12.5 Å². The Morgan fingerprint density at radius 3 is 2.62 bits per heavy atom. The van der Waals surface area contributed by atoms with E-state index in [1.165, 1.54) is 4.90 Å². The molecule has 0 aliphatic heterocycles. The number of nitrogens with one attached hydrogen (secondary N) is 1. The third-order valence-electron chi connectivity index (χ3n) is 1.77. The summed E-state index contributed by atoms with van der Waals surface area (Å²) < 4.78 is 0. The molecule has 0 amide bonds. The van der Waals surface area contributed by atoms with Crippen LogP contribution in [-0.2, 0) is 0 Å². The predicted molar refractivity (Wildman–Crippen MR) is 62.2 cm³/mol. The second-order valence-electron chi connectivity index (χ2n) is 3.32. The van der Waals surface area contributed by atoms with Gasteiger partial charge in [-0.05, 0) is 32.4 Å². The molecule has 0 radical (unpaired) electrons. The molecule has 86 valence electrons. The number of halogens is 1. The van der Waals surface area contributed by atoms with Gasteiger partial charge in [-0.3, -0.25) is 0 Å². The molecular formula is C9H13ClN6. The van der Waals surface area contributed by atoms with Crippen LogP contribution in [0.5, 0.6) is 0 Å². The predicted octanol–water partition coefficient (Wildman–Crippen LogP) is 1.65. The number of nitrogens with zero attached hydrogens (tertiary/aromatic N) is 5. The van der Waals surface area contributed by atoms with Crippen LogP contribution in [0.4, 0.5) is 11.9 Å². The first-order chi connectivity index (χ1) is 7.58. The van der Waals surface area contributed by atoms with Crippen LogP contribution in [0.2, 0.25) is 5.28 Å². The Labute approximate surface area is 99.3 Å². The lowest BCUT2D eigenvalue weighted by atomic mass is 10.4. The fraction of sp³-hybridized carbons (Fsp3) is 0.556. The summed E-state index contributed by atoms with van der Waals surface area (Å²) in [5.41, 5.74) is 0. The van der Waals surface area contributed by atoms with E-state index < -0.39 is 0 Å². The highest BCUT2D eigenvalue weighted by molar-refractivity contribution is 6.28. The monoisotopic (exact) mass is 240 g/mol. The van der Waals surface area contributed by atoms with Crippen LogP contribution in [0, 0.1) is 11.5 Å². The Bertz CT molecular complexity index is 399. The zero-order chi connectivity index (χ0) is 12.1. The van der Waals surface area contributed by atoms with Crippen LogP contribution in [0.25, 0.3) is 0 Å². The third-order valence-corrected chi connectivity index (χ3v) is 1.94. The molecule has 0 saturated carbocycles. The third kappa shape index (κ3) is 2.94. The molecule has 1 rings (SSSR count). The van der Waals surface area contributed by atoms with Crippen molar-refractivity contribution in [3.05, 3.63) is 5.28 Å². The molecule has 1 heterocycles. The minimum absolute atomic E-state index is 0.0297. The van der Waals surface area contributed by atoms with Crippen molar-refractivity contribution in [1.29, 1.82) is 5.26 Å². The summed E-state index contributed by atoms with van der Waals surface area (Å²) in [7, 11) is 0. The van der Waals surface area contributed by atoms with Gasteiger partial charge in [-0.15, -0.1) is 0 Å². The van der Waals surface area contributed by atoms with Gasteiger partial charge < -0.3 is 5.32 Å². The Hall–Kier alpha value is -1.61. The average molecular weight is 241 g/mol. The number of nitriles is 1. The minimum atomic E-state index is -0.0297. The van der Waals surface area contributed by atoms with Gasteiger partial charge in [-0.25, -0.2) is 4.90 Å². The van der Waals surface area contributed by atoms with E-state index in [1.807, 2.05) is 27.0 Å². The van der Waals surface area contributed by atoms with Gasteiger partial charge in [-0.2, -0.15) is 20.2 Å². The maximum absolute atomic E-state index is 8.97. The molecule has 0 spiro atoms. The average Bonchev–Trinajstić information content (AvgIpc) is 2.17. The fourth-order valence-corrected chi connectivity index (χ4v) is 1.23. The van der Waals surface area contributed by atoms with Gasteiger partial charge in [0.2, 0.25) is 17.2 Å². The fourth-order valence-electron chi connectivity index (χ4n) is 1.08. The van der Waals surface area contributed by atoms with E-state index in [1.54, 1.807) is 0 Å². The normalized spacial score (nSPS) is 10.0. The van der Waals surface area contributed by atoms with Crippen molar-refractivity contribution in [2.45, 2.75) is 26.8 Å². The van der Waals surface area contributed by atoms with E-state index in [2.05, 4.69) is 20.3 Å². The van der Waals surface area contributed by atoms with Gasteiger partial charge in [-0.1, -0.05) is 0 Å². The molecule has 0 unspecified atom stereocenters. The number of rotatable bonds is 4. The first kappa shape index (κ1) is 12.5. The maximum atomic E-state index is 8.97. The van der Waals surface area contributed by atoms with Gasteiger partial charge in [0, 0.05) is 12.6 Å². The summed E-state index contributed by atoms with van der Waals surface area (Å²) in [4.78, 5) is 13.3. The molecule has 16 heavy (non-hydrogen) atoms. The van der Waals surface area contributed by atoms with E-state index in [-0.39, 0.29) is 17.3 Å². The van der Waals surface area contributed by atoms with Crippen LogP contribution in [0.3, 0.4) is 0 Å². The lowest BCUT2D eigenvalue weighted by Crippen LogP contribution is -2.27. The largest absolute Gasteiger partial charge is 0.354 e. The maximum Gasteiger partial charge on any atom is 0.245 e. The molecule has 1 N–H and O–H groups in total. The van der Waals surface area contributed by atoms with Crippen molar-refractivity contribution in [2.24, 2.45) is 0 Å². The zero-order valence-corrected chi connectivity index (χ0v) is 10.2. The van der Waals surface area contributed by atoms with E-state index in [9.17, 15) is 0 Å². The van der Waals surface area contributed by atoms with Gasteiger partial charge >= 0.3 is 0 Å². The molecule has 0 aliphatic carbocycles. The summed E-state index contributed by atoms with van der Waals surface area (Å²) in [6, 6.07) is -0.0297. The quantitative estimate of drug-likeness (QED) is 0.637. The van der Waals surface area contributed by atoms with E-state index in [0.717, 1.165) is 0 Å². The molecule has 0 fully saturated rings. The lowest BCUT2D eigenvalue weighted by Gasteiger charge is -2.17. The lowest BCUT2D eigenvalue weighted by molar-refractivity contribution is 0.760. The highest BCUT2D eigenvalue weighted by Gasteiger charge is 2.15. The van der Waals surface area contributed by atoms with E-state index in [4.69, 9.17) is 16.9 Å². The van der Waals surface area contributed by atoms with Crippen LogP contribution in [-0.4, -0.2) is 27.5 Å². The summed E-state index contributed by atoms with van der Waals surface area (Å²) in [5.74, 6) is 0.631. The van der Waals surface area contributed by atoms with Gasteiger partial charge in [0.15, 0.2) is 6.19 Å². The molecule has 1 aromatic rings. The molecule has 0 atom stereocenters. The summed E-state index contributed by atoms with van der Waals surface area (Å²) in [6.45, 7) is 6.33. The van der Waals surface area contributed by atoms with Gasteiger partial charge in [0.1, 0.15) is 0 Å². The number of hydrogen-bond acceptors (Lipinski definition) is 6. The van der Waals surface area contributed by atoms with Crippen molar-refractivity contribution >= 4 is 23.5 Å². The van der Waals surface area contributed by atoms with Crippen LogP contribution < -0.4 is 10.2 Å². The summed E-state index contributed by atoms with van der Waals surface area (Å²) in [6.07, 6.45) is 2.01. The minimum Gasteiger partial charge on any atom is -0.354 e. The van der Waals surface area contributed by atoms with Gasteiger partial charge in [0.05, 0.1) is 0 Å². The Kier molecular flexibility index (Phi) is 4.26. The standard InChI is InChI=1S/C9H13ClN6/c1-4-12-8-13-7(10)14-9(15-8)16(5-11)6(2)3/h6H,4H2,1-3H3,(H,12,13,14,15). The van der Waals surface area contributed by atoms with E-state index >= 15 is 0 Å². The van der Waals surface area contributed by atoms with Crippen molar-refractivity contribution < 1.29 is 0 Å². The number of anilines is 2. The molecule has 0 aromatic carbocycles. The highest BCUT2D eigenvalue weighted by Crippen LogP contribution is 2.15. The smallest absolute Gasteiger partial charge is 0.245 e. The van der Waals surface area contributed by atoms with Gasteiger partial charge in [0.25, 0.3) is 0 Å². The van der Waals surface area contributed by atoms with Crippen LogP contribution in [0.15, 0.2) is 0 Å². The summed E-state index contributed by atoms with van der Waals surface area (Å²) >= 11 is 5.75. The highest BCUT2D eigenvalue weighted by atomic mass is 35.5. The number of aromatic nitrogens is 3.